The van der Waals surface area contributed by atoms with E-state index in [-0.39, 0.29) is 5.63 Å². The average Bonchev–Trinajstić information content (AvgIpc) is 3.22. The van der Waals surface area contributed by atoms with Gasteiger partial charge in [-0.15, -0.1) is 0 Å². The van der Waals surface area contributed by atoms with Crippen molar-refractivity contribution in [1.82, 2.24) is 0 Å². The van der Waals surface area contributed by atoms with Crippen molar-refractivity contribution in [3.05, 3.63) is 80.2 Å². The number of rotatable bonds is 6. The van der Waals surface area contributed by atoms with Crippen LogP contribution in [0.15, 0.2) is 51.7 Å². The van der Waals surface area contributed by atoms with Crippen molar-refractivity contribution in [2.45, 2.75) is 39.3 Å². The average molecular weight is 413 g/mol. The summed E-state index contributed by atoms with van der Waals surface area (Å²) < 4.78 is 5.44. The Morgan fingerprint density at radius 3 is 2.59 bits per heavy atom. The van der Waals surface area contributed by atoms with Gasteiger partial charge in [0.25, 0.3) is 0 Å². The van der Waals surface area contributed by atoms with Crippen LogP contribution in [0.4, 0.5) is 0 Å². The highest BCUT2D eigenvalue weighted by Crippen LogP contribution is 2.22. The maximum absolute atomic E-state index is 12.1. The third-order valence-corrected chi connectivity index (χ3v) is 6.57. The van der Waals surface area contributed by atoms with E-state index in [0.717, 1.165) is 34.6 Å². The van der Waals surface area contributed by atoms with Crippen molar-refractivity contribution in [1.29, 1.82) is 0 Å². The lowest BCUT2D eigenvalue weighted by Gasteiger charge is -2.24. The molecule has 0 aliphatic carbocycles. The molecule has 1 aliphatic heterocycles. The number of hydrogen-bond donors (Lipinski definition) is 2. The highest BCUT2D eigenvalue weighted by atomic mass is 35.5. The zero-order chi connectivity index (χ0) is 20.4. The Morgan fingerprint density at radius 2 is 1.83 bits per heavy atom. The third kappa shape index (κ3) is 4.40. The standard InChI is InChI=1S/C24H27ClN2O2/c1-16-11-20-18(13-24(28)29-23(20)12-17(16)2)14-26-15-22(27-9-5-6-10-27)19-7-3-4-8-21(19)25/h3-4,7-8,11-13,22,26H,5-6,9-10,14-15H2,1-2H3/p+2/t22-/m0/s1. The van der Waals surface area contributed by atoms with Crippen molar-refractivity contribution in [2.75, 3.05) is 19.6 Å². The molecule has 3 aromatic rings. The summed E-state index contributed by atoms with van der Waals surface area (Å²) in [6.07, 6.45) is 2.55. The van der Waals surface area contributed by atoms with Gasteiger partial charge in [0.15, 0.2) is 6.04 Å². The molecule has 2 aromatic carbocycles. The Balaban J connectivity index is 1.57. The number of fused-ring (bicyclic) bond motifs is 1. The zero-order valence-corrected chi connectivity index (χ0v) is 17.9. The van der Waals surface area contributed by atoms with Crippen LogP contribution in [-0.2, 0) is 6.54 Å². The molecule has 29 heavy (non-hydrogen) atoms. The van der Waals surface area contributed by atoms with Gasteiger partial charge in [0.05, 0.1) is 13.1 Å². The van der Waals surface area contributed by atoms with Gasteiger partial charge in [0, 0.05) is 40.4 Å². The second kappa shape index (κ2) is 8.70. The summed E-state index contributed by atoms with van der Waals surface area (Å²) in [5.41, 5.74) is 5.01. The van der Waals surface area contributed by atoms with Gasteiger partial charge in [0.1, 0.15) is 18.7 Å². The van der Waals surface area contributed by atoms with Gasteiger partial charge >= 0.3 is 5.63 Å². The normalized spacial score (nSPS) is 15.8. The van der Waals surface area contributed by atoms with Crippen molar-refractivity contribution in [2.24, 2.45) is 0 Å². The minimum Gasteiger partial charge on any atom is -0.423 e. The molecule has 5 heteroatoms. The second-order valence-corrected chi connectivity index (χ2v) is 8.60. The fourth-order valence-corrected chi connectivity index (χ4v) is 4.77. The number of halogens is 1. The number of hydrogen-bond acceptors (Lipinski definition) is 2. The summed E-state index contributed by atoms with van der Waals surface area (Å²) >= 11 is 6.54. The fourth-order valence-electron chi connectivity index (χ4n) is 4.51. The summed E-state index contributed by atoms with van der Waals surface area (Å²) in [4.78, 5) is 13.7. The smallest absolute Gasteiger partial charge is 0.336 e. The van der Waals surface area contributed by atoms with E-state index in [1.54, 1.807) is 11.0 Å². The van der Waals surface area contributed by atoms with E-state index in [1.807, 2.05) is 25.1 Å². The minimum atomic E-state index is -0.281. The van der Waals surface area contributed by atoms with Gasteiger partial charge in [-0.2, -0.15) is 0 Å². The third-order valence-electron chi connectivity index (χ3n) is 6.23. The lowest BCUT2D eigenvalue weighted by atomic mass is 10.0. The summed E-state index contributed by atoms with van der Waals surface area (Å²) in [7, 11) is 0. The molecule has 1 aromatic heterocycles. The van der Waals surface area contributed by atoms with E-state index in [2.05, 4.69) is 30.4 Å². The van der Waals surface area contributed by atoms with Crippen LogP contribution < -0.4 is 15.8 Å². The van der Waals surface area contributed by atoms with Crippen LogP contribution in [0.3, 0.4) is 0 Å². The van der Waals surface area contributed by atoms with Gasteiger partial charge in [-0.25, -0.2) is 4.79 Å². The summed E-state index contributed by atoms with van der Waals surface area (Å²) in [6, 6.07) is 14.3. The number of nitrogens with one attached hydrogen (secondary N) is 1. The molecule has 0 saturated carbocycles. The molecular weight excluding hydrogens is 384 g/mol. The maximum Gasteiger partial charge on any atom is 0.336 e. The monoisotopic (exact) mass is 412 g/mol. The molecule has 2 heterocycles. The molecule has 0 unspecified atom stereocenters. The Labute approximate surface area is 176 Å². The number of benzene rings is 2. The molecule has 3 N–H and O–H groups in total. The van der Waals surface area contributed by atoms with Gasteiger partial charge in [-0.3, -0.25) is 0 Å². The van der Waals surface area contributed by atoms with Crippen molar-refractivity contribution in [3.63, 3.8) is 0 Å². The lowest BCUT2D eigenvalue weighted by Crippen LogP contribution is -3.13. The number of likely N-dealkylation sites (tertiary alicyclic amines) is 1. The Hall–Kier alpha value is -2.14. The molecule has 1 aliphatic rings. The molecule has 1 saturated heterocycles. The number of nitrogens with two attached hydrogens (primary N) is 1. The first-order valence-corrected chi connectivity index (χ1v) is 10.9. The Bertz CT molecular complexity index is 1070. The number of aryl methyl sites for hydroxylation is 2. The fraction of sp³-hybridized carbons (Fsp3) is 0.375. The predicted octanol–water partition coefficient (Wildman–Crippen LogP) is 2.55. The largest absolute Gasteiger partial charge is 0.423 e. The Kier molecular flexibility index (Phi) is 6.04. The molecular formula is C24H29ClN2O2+2. The molecule has 0 spiro atoms. The van der Waals surface area contributed by atoms with Crippen LogP contribution in [0.5, 0.6) is 0 Å². The van der Waals surface area contributed by atoms with Gasteiger partial charge in [-0.1, -0.05) is 29.8 Å². The maximum atomic E-state index is 12.1. The van der Waals surface area contributed by atoms with E-state index in [0.29, 0.717) is 11.6 Å². The van der Waals surface area contributed by atoms with Gasteiger partial charge in [-0.05, 0) is 43.2 Å². The van der Waals surface area contributed by atoms with Crippen LogP contribution in [0.1, 0.15) is 41.1 Å². The summed E-state index contributed by atoms with van der Waals surface area (Å²) in [5.74, 6) is 0. The zero-order valence-electron chi connectivity index (χ0n) is 17.1. The second-order valence-electron chi connectivity index (χ2n) is 8.19. The SMILES string of the molecule is Cc1cc2oc(=O)cc(C[NH2+]C[C@@H](c3ccccc3Cl)[NH+]3CCCC3)c2cc1C. The molecule has 1 atom stereocenters. The number of quaternary nitrogens is 2. The van der Waals surface area contributed by atoms with Crippen LogP contribution >= 0.6 is 11.6 Å². The van der Waals surface area contributed by atoms with Crippen molar-refractivity contribution >= 4 is 22.6 Å². The molecule has 0 amide bonds. The molecule has 4 rings (SSSR count). The first kappa shape index (κ1) is 20.1. The molecule has 0 bridgehead atoms. The van der Waals surface area contributed by atoms with E-state index < -0.39 is 0 Å². The Morgan fingerprint density at radius 1 is 1.10 bits per heavy atom. The van der Waals surface area contributed by atoms with Crippen LogP contribution in [0.25, 0.3) is 11.0 Å². The van der Waals surface area contributed by atoms with Gasteiger partial charge < -0.3 is 14.6 Å². The van der Waals surface area contributed by atoms with E-state index in [1.165, 1.54) is 37.1 Å². The van der Waals surface area contributed by atoms with E-state index in [9.17, 15) is 4.79 Å². The first-order valence-electron chi connectivity index (χ1n) is 10.5. The minimum absolute atomic E-state index is 0.281. The van der Waals surface area contributed by atoms with E-state index >= 15 is 0 Å². The molecule has 0 radical (unpaired) electrons. The highest BCUT2D eigenvalue weighted by molar-refractivity contribution is 6.31. The van der Waals surface area contributed by atoms with Crippen LogP contribution in [0, 0.1) is 13.8 Å². The first-order chi connectivity index (χ1) is 14.0. The lowest BCUT2D eigenvalue weighted by molar-refractivity contribution is -0.935. The van der Waals surface area contributed by atoms with Crippen LogP contribution in [-0.4, -0.2) is 19.6 Å². The molecule has 4 nitrogen and oxygen atoms in total. The van der Waals surface area contributed by atoms with Crippen molar-refractivity contribution in [3.8, 4) is 0 Å². The molecule has 1 fully saturated rings. The topological polar surface area (TPSA) is 51.3 Å². The summed E-state index contributed by atoms with van der Waals surface area (Å²) in [5, 5.41) is 4.19. The van der Waals surface area contributed by atoms with Crippen molar-refractivity contribution < 1.29 is 14.6 Å². The highest BCUT2D eigenvalue weighted by Gasteiger charge is 2.30. The quantitative estimate of drug-likeness (QED) is 0.611. The van der Waals surface area contributed by atoms with E-state index in [4.69, 9.17) is 16.0 Å². The predicted molar refractivity (Wildman–Crippen MR) is 117 cm³/mol. The molecule has 152 valence electrons. The van der Waals surface area contributed by atoms with Crippen LogP contribution in [0.2, 0.25) is 5.02 Å². The van der Waals surface area contributed by atoms with Gasteiger partial charge in [0.2, 0.25) is 0 Å². The summed E-state index contributed by atoms with van der Waals surface area (Å²) in [6.45, 7) is 8.21.